The van der Waals surface area contributed by atoms with E-state index in [9.17, 15) is 4.79 Å². The van der Waals surface area contributed by atoms with Gasteiger partial charge in [0.15, 0.2) is 0 Å². The average Bonchev–Trinajstić information content (AvgIpc) is 3.00. The number of hydrogen-bond acceptors (Lipinski definition) is 4. The molecule has 2 heterocycles. The molecule has 1 aliphatic carbocycles. The molecule has 0 saturated heterocycles. The van der Waals surface area contributed by atoms with Gasteiger partial charge in [-0.2, -0.15) is 5.10 Å². The lowest BCUT2D eigenvalue weighted by Crippen LogP contribution is -2.33. The quantitative estimate of drug-likeness (QED) is 0.715. The molecular formula is C20H27ClN4O2. The summed E-state index contributed by atoms with van der Waals surface area (Å²) in [7, 11) is 0. The van der Waals surface area contributed by atoms with Crippen molar-refractivity contribution in [1.29, 1.82) is 0 Å². The van der Waals surface area contributed by atoms with E-state index in [2.05, 4.69) is 15.4 Å². The minimum atomic E-state index is -0.451. The van der Waals surface area contributed by atoms with Gasteiger partial charge >= 0.3 is 6.09 Å². The Kier molecular flexibility index (Phi) is 6.05. The van der Waals surface area contributed by atoms with Gasteiger partial charge in [0.05, 0.1) is 23.0 Å². The lowest BCUT2D eigenvalue weighted by atomic mass is 9.77. The Labute approximate surface area is 165 Å². The summed E-state index contributed by atoms with van der Waals surface area (Å²) >= 11 is 6.21. The number of ether oxygens (including phenoxy) is 1. The van der Waals surface area contributed by atoms with E-state index in [1.54, 1.807) is 6.20 Å². The number of nitrogens with one attached hydrogen (secondary N) is 1. The van der Waals surface area contributed by atoms with E-state index in [1.165, 1.54) is 0 Å². The third-order valence-corrected chi connectivity index (χ3v) is 4.98. The van der Waals surface area contributed by atoms with Crippen LogP contribution in [0.2, 0.25) is 5.02 Å². The predicted octanol–water partition coefficient (Wildman–Crippen LogP) is 4.85. The van der Waals surface area contributed by atoms with Crippen LogP contribution in [0.4, 0.5) is 4.79 Å². The van der Waals surface area contributed by atoms with Crippen molar-refractivity contribution in [2.75, 3.05) is 6.54 Å². The van der Waals surface area contributed by atoms with Crippen LogP contribution in [-0.4, -0.2) is 33.0 Å². The minimum absolute atomic E-state index is 0.341. The van der Waals surface area contributed by atoms with Gasteiger partial charge in [0.2, 0.25) is 0 Å². The summed E-state index contributed by atoms with van der Waals surface area (Å²) in [6.07, 6.45) is 9.55. The van der Waals surface area contributed by atoms with Crippen LogP contribution in [0.1, 0.15) is 52.5 Å². The van der Waals surface area contributed by atoms with Crippen molar-refractivity contribution in [3.05, 3.63) is 35.7 Å². The van der Waals surface area contributed by atoms with Crippen molar-refractivity contribution in [2.24, 2.45) is 5.92 Å². The summed E-state index contributed by atoms with van der Waals surface area (Å²) in [5.74, 6) is 0.682. The summed E-state index contributed by atoms with van der Waals surface area (Å²) in [6, 6.07) is 4.10. The Bertz CT molecular complexity index is 778. The molecule has 1 amide bonds. The van der Waals surface area contributed by atoms with E-state index in [0.29, 0.717) is 23.5 Å². The Morgan fingerprint density at radius 2 is 2.19 bits per heavy atom. The predicted molar refractivity (Wildman–Crippen MR) is 106 cm³/mol. The zero-order valence-corrected chi connectivity index (χ0v) is 16.9. The smallest absolute Gasteiger partial charge is 0.407 e. The normalized spacial score (nSPS) is 19.4. The number of aromatic nitrogens is 3. The third-order valence-electron chi connectivity index (χ3n) is 4.68. The van der Waals surface area contributed by atoms with Crippen molar-refractivity contribution in [3.8, 4) is 11.3 Å². The minimum Gasteiger partial charge on any atom is -0.444 e. The highest BCUT2D eigenvalue weighted by molar-refractivity contribution is 6.32. The average molecular weight is 391 g/mol. The number of rotatable bonds is 6. The van der Waals surface area contributed by atoms with Gasteiger partial charge in [0, 0.05) is 24.5 Å². The molecule has 1 N–H and O–H groups in total. The first kappa shape index (κ1) is 19.7. The third kappa shape index (κ3) is 5.45. The van der Waals surface area contributed by atoms with Crippen LogP contribution >= 0.6 is 11.6 Å². The van der Waals surface area contributed by atoms with Crippen LogP contribution in [-0.2, 0) is 4.74 Å². The summed E-state index contributed by atoms with van der Waals surface area (Å²) in [5.41, 5.74) is 1.27. The van der Waals surface area contributed by atoms with Crippen LogP contribution in [0, 0.1) is 5.92 Å². The number of halogens is 1. The highest BCUT2D eigenvalue weighted by Crippen LogP contribution is 2.40. The van der Waals surface area contributed by atoms with Crippen LogP contribution in [0.3, 0.4) is 0 Å². The molecule has 0 aromatic carbocycles. The molecule has 27 heavy (non-hydrogen) atoms. The van der Waals surface area contributed by atoms with E-state index < -0.39 is 5.60 Å². The fraction of sp³-hybridized carbons (Fsp3) is 0.550. The number of carbonyl (C=O) groups excluding carboxylic acids is 1. The maximum atomic E-state index is 11.6. The lowest BCUT2D eigenvalue weighted by Gasteiger charge is -2.35. The number of alkyl carbamates (subject to hydrolysis) is 1. The second kappa shape index (κ2) is 8.30. The molecule has 1 fully saturated rings. The molecule has 0 unspecified atom stereocenters. The lowest BCUT2D eigenvalue weighted by molar-refractivity contribution is 0.0524. The Hall–Kier alpha value is -2.08. The highest BCUT2D eigenvalue weighted by atomic mass is 35.5. The molecule has 2 aromatic heterocycles. The van der Waals surface area contributed by atoms with Gasteiger partial charge in [-0.3, -0.25) is 9.67 Å². The number of pyridine rings is 1. The van der Waals surface area contributed by atoms with Crippen molar-refractivity contribution >= 4 is 17.7 Å². The van der Waals surface area contributed by atoms with Crippen molar-refractivity contribution in [2.45, 2.75) is 58.1 Å². The van der Waals surface area contributed by atoms with E-state index in [-0.39, 0.29) is 6.09 Å². The first-order chi connectivity index (χ1) is 12.8. The second-order valence-electron chi connectivity index (χ2n) is 8.11. The Morgan fingerprint density at radius 1 is 1.41 bits per heavy atom. The second-order valence-corrected chi connectivity index (χ2v) is 8.51. The van der Waals surface area contributed by atoms with Crippen molar-refractivity contribution in [1.82, 2.24) is 20.1 Å². The monoisotopic (exact) mass is 390 g/mol. The van der Waals surface area contributed by atoms with E-state index in [0.717, 1.165) is 36.9 Å². The zero-order valence-electron chi connectivity index (χ0n) is 16.1. The number of amides is 1. The SMILES string of the molecule is CC(C)(C)OC(=O)NCCC[C@H]1C[C@H](n2cc(-c3ncccc3Cl)cn2)C1. The summed E-state index contributed by atoms with van der Waals surface area (Å²) in [6.45, 7) is 6.25. The standard InChI is InChI=1S/C20H27ClN4O2/c1-20(2,3)27-19(26)23-9-4-6-14-10-16(11-14)25-13-15(12-24-25)18-17(21)7-5-8-22-18/h5,7-8,12-14,16H,4,6,9-11H2,1-3H3,(H,23,26)/t14-,16-. The van der Waals surface area contributed by atoms with Gasteiger partial charge in [-0.25, -0.2) is 4.79 Å². The fourth-order valence-corrected chi connectivity index (χ4v) is 3.54. The highest BCUT2D eigenvalue weighted by Gasteiger charge is 2.30. The number of carbonyl (C=O) groups is 1. The maximum absolute atomic E-state index is 11.6. The van der Waals surface area contributed by atoms with Gasteiger partial charge < -0.3 is 10.1 Å². The molecule has 0 atom stereocenters. The summed E-state index contributed by atoms with van der Waals surface area (Å²) in [4.78, 5) is 15.9. The van der Waals surface area contributed by atoms with Crippen LogP contribution < -0.4 is 5.32 Å². The summed E-state index contributed by atoms with van der Waals surface area (Å²) in [5, 5.41) is 7.94. The maximum Gasteiger partial charge on any atom is 0.407 e. The van der Waals surface area contributed by atoms with Crippen molar-refractivity contribution < 1.29 is 9.53 Å². The summed E-state index contributed by atoms with van der Waals surface area (Å²) < 4.78 is 7.25. The first-order valence-corrected chi connectivity index (χ1v) is 9.81. The van der Waals surface area contributed by atoms with Gasteiger partial charge in [-0.1, -0.05) is 11.6 Å². The zero-order chi connectivity index (χ0) is 19.4. The fourth-order valence-electron chi connectivity index (χ4n) is 3.31. The molecule has 1 saturated carbocycles. The van der Waals surface area contributed by atoms with Crippen molar-refractivity contribution in [3.63, 3.8) is 0 Å². The van der Waals surface area contributed by atoms with Crippen LogP contribution in [0.15, 0.2) is 30.7 Å². The molecular weight excluding hydrogens is 364 g/mol. The number of hydrogen-bond donors (Lipinski definition) is 1. The number of nitrogens with zero attached hydrogens (tertiary/aromatic N) is 3. The molecule has 2 aromatic rings. The Morgan fingerprint density at radius 3 is 2.89 bits per heavy atom. The molecule has 1 aliphatic rings. The van der Waals surface area contributed by atoms with Crippen LogP contribution in [0.25, 0.3) is 11.3 Å². The topological polar surface area (TPSA) is 69.0 Å². The van der Waals surface area contributed by atoms with Gasteiger partial charge in [-0.15, -0.1) is 0 Å². The van der Waals surface area contributed by atoms with Gasteiger partial charge in [0.1, 0.15) is 5.60 Å². The van der Waals surface area contributed by atoms with E-state index in [1.807, 2.05) is 50.0 Å². The molecule has 146 valence electrons. The largest absolute Gasteiger partial charge is 0.444 e. The van der Waals surface area contributed by atoms with E-state index >= 15 is 0 Å². The first-order valence-electron chi connectivity index (χ1n) is 9.44. The van der Waals surface area contributed by atoms with Crippen LogP contribution in [0.5, 0.6) is 0 Å². The molecule has 0 bridgehead atoms. The van der Waals surface area contributed by atoms with Gasteiger partial charge in [0.25, 0.3) is 0 Å². The molecule has 3 rings (SSSR count). The Balaban J connectivity index is 1.38. The van der Waals surface area contributed by atoms with Gasteiger partial charge in [-0.05, 0) is 64.5 Å². The molecule has 0 radical (unpaired) electrons. The molecule has 0 spiro atoms. The molecule has 7 heteroatoms. The molecule has 6 nitrogen and oxygen atoms in total. The molecule has 0 aliphatic heterocycles. The van der Waals surface area contributed by atoms with E-state index in [4.69, 9.17) is 16.3 Å².